The Balaban J connectivity index is 1.87. The van der Waals surface area contributed by atoms with Crippen LogP contribution in [0, 0.1) is 0 Å². The van der Waals surface area contributed by atoms with Crippen LogP contribution in [0.25, 0.3) is 0 Å². The highest BCUT2D eigenvalue weighted by Gasteiger charge is 2.03. The molecule has 0 unspecified atom stereocenters. The summed E-state index contributed by atoms with van der Waals surface area (Å²) in [4.78, 5) is 2.08. The number of nitrogens with two attached hydrogens (primary N) is 1. The number of rotatable bonds is 6. The van der Waals surface area contributed by atoms with Gasteiger partial charge in [-0.3, -0.25) is 0 Å². The van der Waals surface area contributed by atoms with Crippen molar-refractivity contribution in [3.8, 4) is 5.75 Å². The van der Waals surface area contributed by atoms with Gasteiger partial charge in [-0.1, -0.05) is 23.4 Å². The van der Waals surface area contributed by atoms with Crippen LogP contribution in [0.4, 0.5) is 5.69 Å². The molecule has 0 bridgehead atoms. The fourth-order valence-electron chi connectivity index (χ4n) is 1.89. The quantitative estimate of drug-likeness (QED) is 0.370. The molecule has 0 aromatic heterocycles. The number of hydrogen-bond acceptors (Lipinski definition) is 4. The molecule has 0 saturated carbocycles. The topological polar surface area (TPSA) is 71.1 Å². The molecule has 0 saturated heterocycles. The fourth-order valence-corrected chi connectivity index (χ4v) is 1.89. The van der Waals surface area contributed by atoms with E-state index in [1.165, 1.54) is 0 Å². The van der Waals surface area contributed by atoms with Crippen molar-refractivity contribution in [2.75, 3.05) is 25.1 Å². The third-order valence-corrected chi connectivity index (χ3v) is 3.15. The van der Waals surface area contributed by atoms with E-state index in [0.717, 1.165) is 18.0 Å². The Morgan fingerprint density at radius 2 is 1.81 bits per heavy atom. The third kappa shape index (κ3) is 4.14. The fraction of sp³-hybridized carbons (Fsp3) is 0.188. The largest absolute Gasteiger partial charge is 0.492 e. The number of oxime groups is 1. The van der Waals surface area contributed by atoms with E-state index in [-0.39, 0.29) is 5.84 Å². The summed E-state index contributed by atoms with van der Waals surface area (Å²) in [5.41, 5.74) is 7.26. The minimum atomic E-state index is 0.108. The number of nitrogens with zero attached hydrogens (tertiary/aromatic N) is 2. The first-order valence-corrected chi connectivity index (χ1v) is 6.67. The molecule has 0 radical (unpaired) electrons. The molecule has 2 aromatic rings. The Kier molecular flexibility index (Phi) is 5.04. The van der Waals surface area contributed by atoms with Crippen molar-refractivity contribution in [1.29, 1.82) is 0 Å². The van der Waals surface area contributed by atoms with Gasteiger partial charge < -0.3 is 20.6 Å². The molecule has 0 aliphatic carbocycles. The molecule has 2 rings (SSSR count). The zero-order valence-corrected chi connectivity index (χ0v) is 11.9. The third-order valence-electron chi connectivity index (χ3n) is 3.15. The summed E-state index contributed by atoms with van der Waals surface area (Å²) < 4.78 is 5.66. The first-order chi connectivity index (χ1) is 10.2. The molecule has 0 atom stereocenters. The maximum absolute atomic E-state index is 8.63. The lowest BCUT2D eigenvalue weighted by Crippen LogP contribution is -2.23. The molecule has 0 fully saturated rings. The van der Waals surface area contributed by atoms with Crippen molar-refractivity contribution in [3.05, 3.63) is 60.2 Å². The Bertz CT molecular complexity index is 582. The van der Waals surface area contributed by atoms with E-state index < -0.39 is 0 Å². The van der Waals surface area contributed by atoms with Crippen molar-refractivity contribution in [2.24, 2.45) is 10.9 Å². The number of amidine groups is 1. The summed E-state index contributed by atoms with van der Waals surface area (Å²) in [6.45, 7) is 1.36. The number of para-hydroxylation sites is 1. The lowest BCUT2D eigenvalue weighted by atomic mass is 10.2. The summed E-state index contributed by atoms with van der Waals surface area (Å²) in [5.74, 6) is 0.977. The lowest BCUT2D eigenvalue weighted by Gasteiger charge is -2.19. The zero-order chi connectivity index (χ0) is 15.1. The van der Waals surface area contributed by atoms with E-state index in [4.69, 9.17) is 15.7 Å². The highest BCUT2D eigenvalue weighted by molar-refractivity contribution is 5.97. The van der Waals surface area contributed by atoms with Gasteiger partial charge in [-0.15, -0.1) is 0 Å². The van der Waals surface area contributed by atoms with Gasteiger partial charge in [-0.2, -0.15) is 0 Å². The Labute approximate surface area is 124 Å². The Morgan fingerprint density at radius 1 is 1.14 bits per heavy atom. The predicted octanol–water partition coefficient (Wildman–Crippen LogP) is 2.30. The minimum Gasteiger partial charge on any atom is -0.492 e. The van der Waals surface area contributed by atoms with E-state index in [9.17, 15) is 0 Å². The van der Waals surface area contributed by atoms with Crippen molar-refractivity contribution >= 4 is 11.5 Å². The molecule has 21 heavy (non-hydrogen) atoms. The standard InChI is InChI=1S/C16H19N3O2/c1-19(11-12-21-15-5-3-2-4-6-15)14-9-7-13(8-10-14)16(17)18-20/h2-10,20H,11-12H2,1H3,(H2,17,18). The van der Waals surface area contributed by atoms with Gasteiger partial charge in [0.15, 0.2) is 5.84 Å². The molecule has 5 nitrogen and oxygen atoms in total. The smallest absolute Gasteiger partial charge is 0.170 e. The van der Waals surface area contributed by atoms with Crippen LogP contribution in [0.1, 0.15) is 5.56 Å². The number of benzene rings is 2. The second-order valence-corrected chi connectivity index (χ2v) is 4.62. The summed E-state index contributed by atoms with van der Waals surface area (Å²) in [6.07, 6.45) is 0. The normalized spacial score (nSPS) is 11.2. The average molecular weight is 285 g/mol. The highest BCUT2D eigenvalue weighted by Crippen LogP contribution is 2.14. The van der Waals surface area contributed by atoms with Crippen molar-refractivity contribution in [1.82, 2.24) is 0 Å². The van der Waals surface area contributed by atoms with Crippen LogP contribution in [0.3, 0.4) is 0 Å². The summed E-state index contributed by atoms with van der Waals surface area (Å²) >= 11 is 0. The molecule has 110 valence electrons. The van der Waals surface area contributed by atoms with Gasteiger partial charge >= 0.3 is 0 Å². The van der Waals surface area contributed by atoms with Crippen LogP contribution in [-0.2, 0) is 0 Å². The second-order valence-electron chi connectivity index (χ2n) is 4.62. The van der Waals surface area contributed by atoms with Crippen LogP contribution < -0.4 is 15.4 Å². The first-order valence-electron chi connectivity index (χ1n) is 6.67. The number of likely N-dealkylation sites (N-methyl/N-ethyl adjacent to an activating group) is 1. The van der Waals surface area contributed by atoms with Crippen LogP contribution in [0.5, 0.6) is 5.75 Å². The molecule has 2 aromatic carbocycles. The number of hydrogen-bond donors (Lipinski definition) is 2. The van der Waals surface area contributed by atoms with Crippen molar-refractivity contribution < 1.29 is 9.94 Å². The summed E-state index contributed by atoms with van der Waals surface area (Å²) in [7, 11) is 1.99. The van der Waals surface area contributed by atoms with E-state index in [1.54, 1.807) is 0 Å². The van der Waals surface area contributed by atoms with Gasteiger partial charge in [-0.25, -0.2) is 0 Å². The van der Waals surface area contributed by atoms with Crippen molar-refractivity contribution in [2.45, 2.75) is 0 Å². The van der Waals surface area contributed by atoms with Crippen LogP contribution in [0.2, 0.25) is 0 Å². The van der Waals surface area contributed by atoms with E-state index in [1.807, 2.05) is 61.6 Å². The molecular weight excluding hydrogens is 266 g/mol. The molecule has 5 heteroatoms. The average Bonchev–Trinajstić information content (AvgIpc) is 2.55. The predicted molar refractivity (Wildman–Crippen MR) is 84.2 cm³/mol. The maximum Gasteiger partial charge on any atom is 0.170 e. The molecule has 0 spiro atoms. The van der Waals surface area contributed by atoms with Gasteiger partial charge in [0.2, 0.25) is 0 Å². The van der Waals surface area contributed by atoms with Crippen LogP contribution >= 0.6 is 0 Å². The van der Waals surface area contributed by atoms with Gasteiger partial charge in [0, 0.05) is 18.3 Å². The van der Waals surface area contributed by atoms with Gasteiger partial charge in [-0.05, 0) is 36.4 Å². The second kappa shape index (κ2) is 7.19. The molecule has 3 N–H and O–H groups in total. The van der Waals surface area contributed by atoms with Gasteiger partial charge in [0.25, 0.3) is 0 Å². The van der Waals surface area contributed by atoms with E-state index in [2.05, 4.69) is 10.1 Å². The lowest BCUT2D eigenvalue weighted by molar-refractivity contribution is 0.318. The zero-order valence-electron chi connectivity index (χ0n) is 11.9. The van der Waals surface area contributed by atoms with Gasteiger partial charge in [0.1, 0.15) is 12.4 Å². The van der Waals surface area contributed by atoms with Crippen molar-refractivity contribution in [3.63, 3.8) is 0 Å². The van der Waals surface area contributed by atoms with Crippen LogP contribution in [0.15, 0.2) is 59.8 Å². The molecular formula is C16H19N3O2. The SMILES string of the molecule is CN(CCOc1ccccc1)c1ccc(C(N)=NO)cc1. The highest BCUT2D eigenvalue weighted by atomic mass is 16.5. The Morgan fingerprint density at radius 3 is 2.43 bits per heavy atom. The first kappa shape index (κ1) is 14.7. The summed E-state index contributed by atoms with van der Waals surface area (Å²) in [5, 5.41) is 11.6. The number of ether oxygens (including phenoxy) is 1. The van der Waals surface area contributed by atoms with Gasteiger partial charge in [0.05, 0.1) is 6.54 Å². The molecule has 0 amide bonds. The molecule has 0 heterocycles. The summed E-state index contributed by atoms with van der Waals surface area (Å²) in [6, 6.07) is 17.2. The van der Waals surface area contributed by atoms with Crippen LogP contribution in [-0.4, -0.2) is 31.2 Å². The number of anilines is 1. The molecule has 0 aliphatic heterocycles. The minimum absolute atomic E-state index is 0.108. The maximum atomic E-state index is 8.63. The van der Waals surface area contributed by atoms with E-state index in [0.29, 0.717) is 12.2 Å². The van der Waals surface area contributed by atoms with E-state index >= 15 is 0 Å². The molecule has 0 aliphatic rings. The Hall–Kier alpha value is -2.69. The monoisotopic (exact) mass is 285 g/mol.